The number of hydrogen-bond donors (Lipinski definition) is 3. The van der Waals surface area contributed by atoms with Crippen LogP contribution < -0.4 is 14.8 Å². The Morgan fingerprint density at radius 2 is 1.69 bits per heavy atom. The van der Waals surface area contributed by atoms with E-state index >= 15 is 0 Å². The summed E-state index contributed by atoms with van der Waals surface area (Å²) in [7, 11) is 1.68. The fourth-order valence-electron chi connectivity index (χ4n) is 3.61. The van der Waals surface area contributed by atoms with Gasteiger partial charge in [0.1, 0.15) is 24.2 Å². The van der Waals surface area contributed by atoms with Gasteiger partial charge in [-0.2, -0.15) is 0 Å². The van der Waals surface area contributed by atoms with Crippen LogP contribution in [0, 0.1) is 0 Å². The number of fused-ring (bicyclic) bond motifs is 3. The molecule has 5 heteroatoms. The Balaban J connectivity index is 1.30. The average Bonchev–Trinajstić information content (AvgIpc) is 3.15. The number of hydrogen-bond acceptors (Lipinski definition) is 4. The number of H-pyrrole nitrogens is 1. The highest BCUT2D eigenvalue weighted by molar-refractivity contribution is 6.09. The topological polar surface area (TPSA) is 66.5 Å². The number of ether oxygens (including phenoxy) is 2. The van der Waals surface area contributed by atoms with E-state index in [9.17, 15) is 5.11 Å². The van der Waals surface area contributed by atoms with Gasteiger partial charge in [-0.25, -0.2) is 0 Å². The van der Waals surface area contributed by atoms with Crippen LogP contribution in [0.4, 0.5) is 0 Å². The summed E-state index contributed by atoms with van der Waals surface area (Å²) in [6.45, 7) is 1.46. The van der Waals surface area contributed by atoms with Crippen molar-refractivity contribution in [2.24, 2.45) is 0 Å². The second-order valence-corrected chi connectivity index (χ2v) is 7.08. The molecule has 3 N–H and O–H groups in total. The molecule has 0 saturated carbocycles. The largest absolute Gasteiger partial charge is 0.496 e. The van der Waals surface area contributed by atoms with Gasteiger partial charge in [-0.15, -0.1) is 0 Å². The molecule has 4 aromatic rings. The molecule has 1 atom stereocenters. The van der Waals surface area contributed by atoms with Crippen LogP contribution in [0.5, 0.6) is 11.5 Å². The molecule has 0 saturated heterocycles. The lowest BCUT2D eigenvalue weighted by Gasteiger charge is -2.14. The minimum absolute atomic E-state index is 0.232. The highest BCUT2D eigenvalue weighted by Crippen LogP contribution is 2.31. The fraction of sp³-hybridized carbons (Fsp3) is 0.250. The van der Waals surface area contributed by atoms with E-state index in [4.69, 9.17) is 9.47 Å². The summed E-state index contributed by atoms with van der Waals surface area (Å²) in [5, 5.41) is 15.9. The normalized spacial score (nSPS) is 12.3. The average molecular weight is 390 g/mol. The Hall–Kier alpha value is -3.02. The third kappa shape index (κ3) is 4.36. The van der Waals surface area contributed by atoms with E-state index < -0.39 is 6.10 Å². The van der Waals surface area contributed by atoms with Gasteiger partial charge in [0, 0.05) is 22.8 Å². The number of aromatic nitrogens is 1. The molecule has 1 aromatic heterocycles. The molecule has 3 aromatic carbocycles. The molecule has 0 fully saturated rings. The number of aliphatic hydroxyl groups is 1. The number of nitrogens with one attached hydrogen (secondary N) is 2. The minimum atomic E-state index is -0.590. The molecular formula is C24H26N2O3. The molecule has 0 aliphatic carbocycles. The van der Waals surface area contributed by atoms with Crippen molar-refractivity contribution >= 4 is 21.8 Å². The van der Waals surface area contributed by atoms with E-state index in [1.54, 1.807) is 7.11 Å². The maximum atomic E-state index is 10.3. The van der Waals surface area contributed by atoms with Crippen molar-refractivity contribution in [3.63, 3.8) is 0 Å². The third-order valence-electron chi connectivity index (χ3n) is 5.08. The van der Waals surface area contributed by atoms with E-state index in [0.717, 1.165) is 46.4 Å². The van der Waals surface area contributed by atoms with Crippen LogP contribution >= 0.6 is 0 Å². The number of aromatic amines is 1. The van der Waals surface area contributed by atoms with Crippen LogP contribution in [-0.4, -0.2) is 43.0 Å². The maximum Gasteiger partial charge on any atom is 0.143 e. The monoisotopic (exact) mass is 390 g/mol. The van der Waals surface area contributed by atoms with Gasteiger partial charge in [-0.3, -0.25) is 0 Å². The zero-order valence-electron chi connectivity index (χ0n) is 16.5. The zero-order valence-corrected chi connectivity index (χ0v) is 16.5. The molecular weight excluding hydrogens is 364 g/mol. The van der Waals surface area contributed by atoms with Gasteiger partial charge >= 0.3 is 0 Å². The van der Waals surface area contributed by atoms with Gasteiger partial charge in [0.05, 0.1) is 12.6 Å². The summed E-state index contributed by atoms with van der Waals surface area (Å²) < 4.78 is 11.3. The van der Waals surface area contributed by atoms with Crippen molar-refractivity contribution in [2.75, 3.05) is 26.8 Å². The maximum absolute atomic E-state index is 10.3. The Bertz CT molecular complexity index is 1090. The van der Waals surface area contributed by atoms with Gasteiger partial charge in [-0.05, 0) is 36.7 Å². The quantitative estimate of drug-likeness (QED) is 0.379. The molecule has 0 aliphatic heterocycles. The van der Waals surface area contributed by atoms with Crippen molar-refractivity contribution in [3.8, 4) is 11.5 Å². The summed E-state index contributed by atoms with van der Waals surface area (Å²) in [5.41, 5.74) is 3.20. The Labute approximate surface area is 170 Å². The molecule has 1 heterocycles. The molecule has 0 radical (unpaired) electrons. The smallest absolute Gasteiger partial charge is 0.143 e. The number of para-hydroxylation sites is 3. The molecule has 0 spiro atoms. The van der Waals surface area contributed by atoms with Crippen LogP contribution in [0.25, 0.3) is 21.8 Å². The summed E-state index contributed by atoms with van der Waals surface area (Å²) in [6.07, 6.45) is 0.249. The molecule has 0 amide bonds. The molecule has 4 rings (SSSR count). The zero-order chi connectivity index (χ0) is 20.1. The van der Waals surface area contributed by atoms with Gasteiger partial charge in [-0.1, -0.05) is 48.5 Å². The third-order valence-corrected chi connectivity index (χ3v) is 5.08. The fourth-order valence-corrected chi connectivity index (χ4v) is 3.61. The van der Waals surface area contributed by atoms with Crippen molar-refractivity contribution in [2.45, 2.75) is 12.5 Å². The first-order valence-electron chi connectivity index (χ1n) is 9.89. The molecule has 0 aliphatic rings. The van der Waals surface area contributed by atoms with Crippen LogP contribution in [0.2, 0.25) is 0 Å². The lowest BCUT2D eigenvalue weighted by molar-refractivity contribution is 0.107. The van der Waals surface area contributed by atoms with E-state index in [1.165, 1.54) is 5.39 Å². The second kappa shape index (κ2) is 8.99. The standard InChI is InChI=1S/C24H26N2O3/c1-28-22-11-5-2-7-17(22)13-14-25-15-18(27)16-29-23-12-6-9-20-19-8-3-4-10-21(19)26-24(20)23/h2-12,18,25-27H,13-16H2,1H3. The minimum Gasteiger partial charge on any atom is -0.496 e. The van der Waals surface area contributed by atoms with Gasteiger partial charge in [0.2, 0.25) is 0 Å². The van der Waals surface area contributed by atoms with Crippen LogP contribution in [0.15, 0.2) is 66.7 Å². The summed E-state index contributed by atoms with van der Waals surface area (Å²) in [6, 6.07) is 22.2. The Morgan fingerprint density at radius 1 is 0.931 bits per heavy atom. The first-order valence-corrected chi connectivity index (χ1v) is 9.89. The predicted octanol–water partition coefficient (Wildman–Crippen LogP) is 3.90. The summed E-state index contributed by atoms with van der Waals surface area (Å²) in [5.74, 6) is 1.65. The first kappa shape index (κ1) is 19.3. The van der Waals surface area contributed by atoms with Gasteiger partial charge < -0.3 is 24.9 Å². The number of methoxy groups -OCH3 is 1. The molecule has 5 nitrogen and oxygen atoms in total. The number of rotatable bonds is 9. The SMILES string of the molecule is COc1ccccc1CCNCC(O)COc1cccc2c1[nH]c1ccccc12. The van der Waals surface area contributed by atoms with E-state index in [1.807, 2.05) is 42.5 Å². The van der Waals surface area contributed by atoms with Gasteiger partial charge in [0.25, 0.3) is 0 Å². The molecule has 150 valence electrons. The van der Waals surface area contributed by atoms with Crippen molar-refractivity contribution < 1.29 is 14.6 Å². The van der Waals surface area contributed by atoms with E-state index in [2.05, 4.69) is 34.6 Å². The van der Waals surface area contributed by atoms with Crippen LogP contribution in [-0.2, 0) is 6.42 Å². The van der Waals surface area contributed by atoms with Crippen molar-refractivity contribution in [1.29, 1.82) is 0 Å². The summed E-state index contributed by atoms with van der Waals surface area (Å²) in [4.78, 5) is 3.42. The predicted molar refractivity (Wildman–Crippen MR) is 117 cm³/mol. The van der Waals surface area contributed by atoms with E-state index in [0.29, 0.717) is 6.54 Å². The molecule has 29 heavy (non-hydrogen) atoms. The van der Waals surface area contributed by atoms with Gasteiger partial charge in [0.15, 0.2) is 0 Å². The van der Waals surface area contributed by atoms with E-state index in [-0.39, 0.29) is 6.61 Å². The lowest BCUT2D eigenvalue weighted by atomic mass is 10.1. The number of aliphatic hydroxyl groups excluding tert-OH is 1. The summed E-state index contributed by atoms with van der Waals surface area (Å²) >= 11 is 0. The lowest BCUT2D eigenvalue weighted by Crippen LogP contribution is -2.32. The second-order valence-electron chi connectivity index (χ2n) is 7.08. The highest BCUT2D eigenvalue weighted by atomic mass is 16.5. The Kier molecular flexibility index (Phi) is 5.98. The van der Waals surface area contributed by atoms with Crippen molar-refractivity contribution in [3.05, 3.63) is 72.3 Å². The first-order chi connectivity index (χ1) is 14.3. The van der Waals surface area contributed by atoms with Crippen molar-refractivity contribution in [1.82, 2.24) is 10.3 Å². The number of benzene rings is 3. The van der Waals surface area contributed by atoms with Crippen LogP contribution in [0.3, 0.4) is 0 Å². The Morgan fingerprint density at radius 3 is 2.59 bits per heavy atom. The highest BCUT2D eigenvalue weighted by Gasteiger charge is 2.11. The molecule has 0 bridgehead atoms. The molecule has 1 unspecified atom stereocenters. The van der Waals surface area contributed by atoms with Crippen LogP contribution in [0.1, 0.15) is 5.56 Å².